The molecule has 82 valence electrons. The van der Waals surface area contributed by atoms with E-state index >= 15 is 0 Å². The van der Waals surface area contributed by atoms with Gasteiger partial charge in [-0.25, -0.2) is 4.79 Å². The Morgan fingerprint density at radius 1 is 1.40 bits per heavy atom. The summed E-state index contributed by atoms with van der Waals surface area (Å²) >= 11 is 0. The van der Waals surface area contributed by atoms with Crippen molar-refractivity contribution in [2.75, 3.05) is 19.7 Å². The Kier molecular flexibility index (Phi) is 4.05. The highest BCUT2D eigenvalue weighted by molar-refractivity contribution is 5.87. The molecule has 1 rings (SSSR count). The second kappa shape index (κ2) is 5.31. The van der Waals surface area contributed by atoms with Crippen molar-refractivity contribution in [3.8, 4) is 0 Å². The van der Waals surface area contributed by atoms with E-state index in [9.17, 15) is 9.59 Å². The molecule has 1 unspecified atom stereocenters. The monoisotopic (exact) mass is 211 g/mol. The first-order valence-corrected chi connectivity index (χ1v) is 4.53. The van der Waals surface area contributed by atoms with Crippen LogP contribution in [-0.2, 0) is 19.1 Å². The van der Waals surface area contributed by atoms with Crippen molar-refractivity contribution in [1.82, 2.24) is 4.90 Å². The molecule has 0 aromatic carbocycles. The number of ether oxygens (including phenoxy) is 2. The zero-order valence-corrected chi connectivity index (χ0v) is 8.35. The fourth-order valence-corrected chi connectivity index (χ4v) is 1.20. The van der Waals surface area contributed by atoms with Gasteiger partial charge in [0.05, 0.1) is 13.2 Å². The molecule has 0 radical (unpaired) electrons. The molecule has 1 aliphatic heterocycles. The number of hydrogen-bond donors (Lipinski definition) is 0. The van der Waals surface area contributed by atoms with Crippen LogP contribution in [0.15, 0.2) is 25.3 Å². The van der Waals surface area contributed by atoms with Crippen LogP contribution in [0.1, 0.15) is 0 Å². The summed E-state index contributed by atoms with van der Waals surface area (Å²) in [7, 11) is 0. The molecule has 15 heavy (non-hydrogen) atoms. The molecule has 1 saturated heterocycles. The predicted molar refractivity (Wildman–Crippen MR) is 52.8 cm³/mol. The molecular formula is C10H13NO4. The number of carbonyl (C=O) groups excluding carboxylic acids is 2. The van der Waals surface area contributed by atoms with Gasteiger partial charge in [-0.05, 0) is 6.08 Å². The van der Waals surface area contributed by atoms with Crippen LogP contribution >= 0.6 is 0 Å². The molecule has 0 aromatic heterocycles. The van der Waals surface area contributed by atoms with Gasteiger partial charge in [0.15, 0.2) is 0 Å². The van der Waals surface area contributed by atoms with Crippen molar-refractivity contribution < 1.29 is 19.1 Å². The van der Waals surface area contributed by atoms with E-state index in [1.807, 2.05) is 0 Å². The van der Waals surface area contributed by atoms with E-state index in [0.717, 1.165) is 6.08 Å². The summed E-state index contributed by atoms with van der Waals surface area (Å²) in [4.78, 5) is 23.7. The average molecular weight is 211 g/mol. The lowest BCUT2D eigenvalue weighted by molar-refractivity contribution is -0.191. The number of morpholine rings is 1. The van der Waals surface area contributed by atoms with Crippen LogP contribution in [-0.4, -0.2) is 42.8 Å². The summed E-state index contributed by atoms with van der Waals surface area (Å²) in [5.74, 6) is -0.758. The van der Waals surface area contributed by atoms with Crippen LogP contribution in [0, 0.1) is 0 Å². The van der Waals surface area contributed by atoms with Crippen LogP contribution in [0.4, 0.5) is 0 Å². The third kappa shape index (κ3) is 3.21. The number of esters is 1. The third-order valence-corrected chi connectivity index (χ3v) is 1.93. The highest BCUT2D eigenvalue weighted by Crippen LogP contribution is 2.07. The first-order chi connectivity index (χ1) is 7.17. The van der Waals surface area contributed by atoms with Gasteiger partial charge in [-0.3, -0.25) is 4.79 Å². The maximum atomic E-state index is 11.3. The van der Waals surface area contributed by atoms with Crippen molar-refractivity contribution in [1.29, 1.82) is 0 Å². The SMILES string of the molecule is C=CC(=O)OC1CN(C(=O)C=C)CCO1. The molecule has 0 N–H and O–H groups in total. The highest BCUT2D eigenvalue weighted by atomic mass is 16.7. The van der Waals surface area contributed by atoms with Crippen molar-refractivity contribution in [3.63, 3.8) is 0 Å². The topological polar surface area (TPSA) is 55.8 Å². The number of hydrogen-bond acceptors (Lipinski definition) is 4. The summed E-state index contributed by atoms with van der Waals surface area (Å²) in [5, 5.41) is 0. The Balaban J connectivity index is 2.48. The van der Waals surface area contributed by atoms with E-state index in [1.165, 1.54) is 11.0 Å². The Morgan fingerprint density at radius 3 is 2.73 bits per heavy atom. The van der Waals surface area contributed by atoms with Gasteiger partial charge < -0.3 is 14.4 Å². The lowest BCUT2D eigenvalue weighted by Gasteiger charge is -2.31. The Bertz CT molecular complexity index is 287. The van der Waals surface area contributed by atoms with E-state index in [0.29, 0.717) is 13.2 Å². The molecule has 0 saturated carbocycles. The zero-order valence-electron chi connectivity index (χ0n) is 8.35. The van der Waals surface area contributed by atoms with Gasteiger partial charge in [0.2, 0.25) is 12.2 Å². The average Bonchev–Trinajstić information content (AvgIpc) is 2.28. The van der Waals surface area contributed by atoms with E-state index in [-0.39, 0.29) is 12.5 Å². The second-order valence-electron chi connectivity index (χ2n) is 2.93. The number of nitrogens with zero attached hydrogens (tertiary/aromatic N) is 1. The van der Waals surface area contributed by atoms with Gasteiger partial charge in [0, 0.05) is 12.6 Å². The lowest BCUT2D eigenvalue weighted by atomic mass is 10.4. The van der Waals surface area contributed by atoms with Gasteiger partial charge in [-0.15, -0.1) is 0 Å². The molecule has 0 aliphatic carbocycles. The highest BCUT2D eigenvalue weighted by Gasteiger charge is 2.24. The normalized spacial score (nSPS) is 20.5. The summed E-state index contributed by atoms with van der Waals surface area (Å²) in [6.45, 7) is 7.70. The summed E-state index contributed by atoms with van der Waals surface area (Å²) < 4.78 is 10.0. The molecule has 5 nitrogen and oxygen atoms in total. The van der Waals surface area contributed by atoms with Crippen LogP contribution in [0.2, 0.25) is 0 Å². The van der Waals surface area contributed by atoms with Crippen LogP contribution < -0.4 is 0 Å². The van der Waals surface area contributed by atoms with Crippen LogP contribution in [0.3, 0.4) is 0 Å². The Morgan fingerprint density at radius 2 is 2.13 bits per heavy atom. The predicted octanol–water partition coefficient (Wildman–Crippen LogP) is 0.0865. The van der Waals surface area contributed by atoms with Crippen molar-refractivity contribution in [2.45, 2.75) is 6.29 Å². The van der Waals surface area contributed by atoms with Crippen LogP contribution in [0.5, 0.6) is 0 Å². The fourth-order valence-electron chi connectivity index (χ4n) is 1.20. The van der Waals surface area contributed by atoms with E-state index in [1.54, 1.807) is 0 Å². The molecular weight excluding hydrogens is 198 g/mol. The minimum absolute atomic E-state index is 0.196. The van der Waals surface area contributed by atoms with E-state index < -0.39 is 12.3 Å². The second-order valence-corrected chi connectivity index (χ2v) is 2.93. The molecule has 1 atom stereocenters. The summed E-state index contributed by atoms with van der Waals surface area (Å²) in [6.07, 6.45) is 1.56. The smallest absolute Gasteiger partial charge is 0.332 e. The molecule has 0 spiro atoms. The molecule has 0 aromatic rings. The number of rotatable bonds is 3. The van der Waals surface area contributed by atoms with Gasteiger partial charge >= 0.3 is 5.97 Å². The van der Waals surface area contributed by atoms with E-state index in [4.69, 9.17) is 9.47 Å². The lowest BCUT2D eigenvalue weighted by Crippen LogP contribution is -2.46. The van der Waals surface area contributed by atoms with Crippen molar-refractivity contribution in [3.05, 3.63) is 25.3 Å². The molecule has 0 bridgehead atoms. The van der Waals surface area contributed by atoms with Crippen molar-refractivity contribution in [2.24, 2.45) is 0 Å². The molecule has 1 amide bonds. The fraction of sp³-hybridized carbons (Fsp3) is 0.400. The third-order valence-electron chi connectivity index (χ3n) is 1.93. The van der Waals surface area contributed by atoms with Gasteiger partial charge in [-0.2, -0.15) is 0 Å². The van der Waals surface area contributed by atoms with Crippen LogP contribution in [0.25, 0.3) is 0 Å². The molecule has 1 aliphatic rings. The van der Waals surface area contributed by atoms with Gasteiger partial charge in [-0.1, -0.05) is 13.2 Å². The molecule has 5 heteroatoms. The Hall–Kier alpha value is -1.62. The number of carbonyl (C=O) groups is 2. The summed E-state index contributed by atoms with van der Waals surface area (Å²) in [5.41, 5.74) is 0. The minimum Gasteiger partial charge on any atom is -0.431 e. The zero-order chi connectivity index (χ0) is 11.3. The molecule has 1 fully saturated rings. The Labute approximate surface area is 87.9 Å². The maximum absolute atomic E-state index is 11.3. The maximum Gasteiger partial charge on any atom is 0.332 e. The summed E-state index contributed by atoms with van der Waals surface area (Å²) in [6, 6.07) is 0. The first kappa shape index (κ1) is 11.5. The van der Waals surface area contributed by atoms with Crippen molar-refractivity contribution >= 4 is 11.9 Å². The van der Waals surface area contributed by atoms with Gasteiger partial charge in [0.25, 0.3) is 0 Å². The van der Waals surface area contributed by atoms with Gasteiger partial charge in [0.1, 0.15) is 0 Å². The minimum atomic E-state index is -0.715. The van der Waals surface area contributed by atoms with E-state index in [2.05, 4.69) is 13.2 Å². The molecule has 1 heterocycles. The standard InChI is InChI=1S/C10H13NO4/c1-3-8(12)11-5-6-14-10(7-11)15-9(13)4-2/h3-4,10H,1-2,5-7H2. The quantitative estimate of drug-likeness (QED) is 0.490. The largest absolute Gasteiger partial charge is 0.431 e. The first-order valence-electron chi connectivity index (χ1n) is 4.53. The number of amides is 1.